The van der Waals surface area contributed by atoms with Gasteiger partial charge in [-0.05, 0) is 37.6 Å². The molecule has 0 unspecified atom stereocenters. The van der Waals surface area contributed by atoms with Gasteiger partial charge >= 0.3 is 5.69 Å². The highest BCUT2D eigenvalue weighted by Gasteiger charge is 2.21. The Morgan fingerprint density at radius 1 is 1.21 bits per heavy atom. The number of aryl methyl sites for hydroxylation is 1. The Kier molecular flexibility index (Phi) is 5.93. The second kappa shape index (κ2) is 8.40. The second-order valence-corrected chi connectivity index (χ2v) is 6.73. The highest BCUT2D eigenvalue weighted by atomic mass is 35.5. The minimum Gasteiger partial charge on any atom is -0.351 e. The van der Waals surface area contributed by atoms with Crippen molar-refractivity contribution >= 4 is 17.5 Å². The van der Waals surface area contributed by atoms with Gasteiger partial charge in [-0.2, -0.15) is 9.78 Å². The van der Waals surface area contributed by atoms with Crippen molar-refractivity contribution in [1.82, 2.24) is 19.7 Å². The molecule has 0 saturated heterocycles. The number of hydrogen-bond acceptors (Lipinski definition) is 4. The van der Waals surface area contributed by atoms with Gasteiger partial charge < -0.3 is 5.32 Å². The fraction of sp³-hybridized carbons (Fsp3) is 0.200. The summed E-state index contributed by atoms with van der Waals surface area (Å²) in [6, 6.07) is 10.6. The number of amides is 1. The second-order valence-electron chi connectivity index (χ2n) is 6.32. The molecule has 29 heavy (non-hydrogen) atoms. The molecule has 2 aromatic carbocycles. The minimum atomic E-state index is -0.904. The Hall–Kier alpha value is -3.26. The van der Waals surface area contributed by atoms with E-state index in [0.29, 0.717) is 5.02 Å². The molecule has 1 N–H and O–H groups in total. The van der Waals surface area contributed by atoms with Crippen LogP contribution < -0.4 is 16.6 Å². The van der Waals surface area contributed by atoms with Gasteiger partial charge in [-0.3, -0.25) is 14.2 Å². The smallest absolute Gasteiger partial charge is 0.351 e. The van der Waals surface area contributed by atoms with E-state index in [0.717, 1.165) is 14.8 Å². The van der Waals surface area contributed by atoms with Gasteiger partial charge in [0.15, 0.2) is 0 Å². The number of benzene rings is 2. The summed E-state index contributed by atoms with van der Waals surface area (Å²) >= 11 is 6.15. The lowest BCUT2D eigenvalue weighted by Crippen LogP contribution is -2.46. The number of carbonyl (C=O) groups is 1. The Balaban J connectivity index is 2.26. The molecule has 0 atom stereocenters. The normalized spacial score (nSPS) is 10.8. The third-order valence-corrected chi connectivity index (χ3v) is 4.71. The summed E-state index contributed by atoms with van der Waals surface area (Å²) in [6.07, 6.45) is 0. The van der Waals surface area contributed by atoms with Gasteiger partial charge in [0.05, 0.1) is 12.2 Å². The molecule has 0 radical (unpaired) electrons. The van der Waals surface area contributed by atoms with Crippen LogP contribution in [0.25, 0.3) is 5.69 Å². The van der Waals surface area contributed by atoms with Crippen molar-refractivity contribution in [2.24, 2.45) is 0 Å². The monoisotopic (exact) mass is 416 g/mol. The highest BCUT2D eigenvalue weighted by molar-refractivity contribution is 6.31. The van der Waals surface area contributed by atoms with E-state index >= 15 is 0 Å². The fourth-order valence-electron chi connectivity index (χ4n) is 2.72. The Bertz CT molecular complexity index is 1200. The van der Waals surface area contributed by atoms with Gasteiger partial charge in [0.1, 0.15) is 5.82 Å². The van der Waals surface area contributed by atoms with Crippen molar-refractivity contribution in [1.29, 1.82) is 0 Å². The molecule has 3 rings (SSSR count). The van der Waals surface area contributed by atoms with Crippen LogP contribution in [0.4, 0.5) is 4.39 Å². The third kappa shape index (κ3) is 4.12. The lowest BCUT2D eigenvalue weighted by molar-refractivity contribution is 0.0946. The average molecular weight is 417 g/mol. The summed E-state index contributed by atoms with van der Waals surface area (Å²) in [7, 11) is 0. The van der Waals surface area contributed by atoms with Crippen LogP contribution in [0.15, 0.2) is 52.1 Å². The van der Waals surface area contributed by atoms with Crippen LogP contribution in [0.1, 0.15) is 28.5 Å². The summed E-state index contributed by atoms with van der Waals surface area (Å²) < 4.78 is 15.8. The molecule has 7 nitrogen and oxygen atoms in total. The molecule has 9 heteroatoms. The number of nitrogens with zero attached hydrogens (tertiary/aromatic N) is 3. The molecule has 3 aromatic rings. The Morgan fingerprint density at radius 2 is 1.93 bits per heavy atom. The quantitative estimate of drug-likeness (QED) is 0.691. The van der Waals surface area contributed by atoms with Crippen LogP contribution in [0.5, 0.6) is 0 Å². The van der Waals surface area contributed by atoms with Crippen LogP contribution in [0.3, 0.4) is 0 Å². The number of halogens is 2. The molecule has 0 spiro atoms. The van der Waals surface area contributed by atoms with E-state index < -0.39 is 28.7 Å². The maximum absolute atomic E-state index is 14.1. The lowest BCUT2D eigenvalue weighted by atomic mass is 10.2. The van der Waals surface area contributed by atoms with E-state index in [4.69, 9.17) is 11.6 Å². The molecular weight excluding hydrogens is 399 g/mol. The van der Waals surface area contributed by atoms with Crippen LogP contribution in [0.2, 0.25) is 5.02 Å². The Morgan fingerprint density at radius 3 is 2.59 bits per heavy atom. The molecular formula is C20H18ClFN4O3. The van der Waals surface area contributed by atoms with Crippen molar-refractivity contribution in [2.75, 3.05) is 6.54 Å². The maximum Gasteiger partial charge on any atom is 0.352 e. The van der Waals surface area contributed by atoms with E-state index in [2.05, 4.69) is 10.4 Å². The maximum atomic E-state index is 14.1. The van der Waals surface area contributed by atoms with Crippen LogP contribution >= 0.6 is 11.6 Å². The van der Waals surface area contributed by atoms with E-state index in [1.165, 1.54) is 24.3 Å². The van der Waals surface area contributed by atoms with Gasteiger partial charge in [-0.15, -0.1) is 0 Å². The molecule has 0 bridgehead atoms. The molecule has 0 aliphatic rings. The predicted octanol–water partition coefficient (Wildman–Crippen LogP) is 2.29. The van der Waals surface area contributed by atoms with Crippen LogP contribution in [0, 0.1) is 12.7 Å². The van der Waals surface area contributed by atoms with Gasteiger partial charge in [0.2, 0.25) is 5.69 Å². The largest absolute Gasteiger partial charge is 0.352 e. The molecule has 150 valence electrons. The molecule has 1 heterocycles. The zero-order valence-electron chi connectivity index (χ0n) is 15.8. The molecule has 0 aliphatic carbocycles. The first-order chi connectivity index (χ1) is 13.8. The lowest BCUT2D eigenvalue weighted by Gasteiger charge is -2.13. The summed E-state index contributed by atoms with van der Waals surface area (Å²) in [5, 5.41) is 6.85. The Labute approximate surface area is 170 Å². The topological polar surface area (TPSA) is 86.0 Å². The molecule has 0 fully saturated rings. The van der Waals surface area contributed by atoms with Crippen LogP contribution in [-0.2, 0) is 6.54 Å². The van der Waals surface area contributed by atoms with Crippen molar-refractivity contribution in [3.8, 4) is 5.69 Å². The predicted molar refractivity (Wildman–Crippen MR) is 107 cm³/mol. The zero-order valence-corrected chi connectivity index (χ0v) is 16.5. The van der Waals surface area contributed by atoms with Gasteiger partial charge in [-0.1, -0.05) is 35.9 Å². The van der Waals surface area contributed by atoms with E-state index in [1.54, 1.807) is 32.0 Å². The molecule has 0 aliphatic heterocycles. The van der Waals surface area contributed by atoms with E-state index in [1.807, 2.05) is 0 Å². The number of hydrogen-bond donors (Lipinski definition) is 1. The summed E-state index contributed by atoms with van der Waals surface area (Å²) in [5.74, 6) is -1.30. The first-order valence-electron chi connectivity index (χ1n) is 8.85. The molecule has 1 aromatic heterocycles. The van der Waals surface area contributed by atoms with Crippen molar-refractivity contribution in [3.05, 3.63) is 91.0 Å². The van der Waals surface area contributed by atoms with Crippen molar-refractivity contribution in [3.63, 3.8) is 0 Å². The van der Waals surface area contributed by atoms with Gasteiger partial charge in [0, 0.05) is 17.1 Å². The van der Waals surface area contributed by atoms with Gasteiger partial charge in [-0.25, -0.2) is 9.18 Å². The zero-order chi connectivity index (χ0) is 21.1. The SMILES string of the molecule is CCNC(=O)c1nn(-c2ccc(C)c(Cl)c2)c(=O)n(Cc2ccccc2F)c1=O. The number of rotatable bonds is 5. The highest BCUT2D eigenvalue weighted by Crippen LogP contribution is 2.18. The van der Waals surface area contributed by atoms with Crippen LogP contribution in [-0.4, -0.2) is 26.8 Å². The summed E-state index contributed by atoms with van der Waals surface area (Å²) in [4.78, 5) is 38.2. The number of aromatic nitrogens is 3. The summed E-state index contributed by atoms with van der Waals surface area (Å²) in [5.41, 5.74) is -0.997. The average Bonchev–Trinajstić information content (AvgIpc) is 2.69. The van der Waals surface area contributed by atoms with E-state index in [9.17, 15) is 18.8 Å². The first-order valence-corrected chi connectivity index (χ1v) is 9.23. The number of carbonyl (C=O) groups excluding carboxylic acids is 1. The minimum absolute atomic E-state index is 0.133. The molecule has 0 saturated carbocycles. The first kappa shape index (κ1) is 20.5. The standard InChI is InChI=1S/C20H18ClFN4O3/c1-3-23-18(27)17-19(28)25(11-13-6-4-5-7-16(13)22)20(29)26(24-17)14-9-8-12(2)15(21)10-14/h4-10H,3,11H2,1-2H3,(H,23,27). The van der Waals surface area contributed by atoms with Crippen molar-refractivity contribution in [2.45, 2.75) is 20.4 Å². The fourth-order valence-corrected chi connectivity index (χ4v) is 2.89. The van der Waals surface area contributed by atoms with E-state index in [-0.39, 0.29) is 24.3 Å². The number of nitrogens with one attached hydrogen (secondary N) is 1. The summed E-state index contributed by atoms with van der Waals surface area (Å²) in [6.45, 7) is 3.40. The van der Waals surface area contributed by atoms with Crippen molar-refractivity contribution < 1.29 is 9.18 Å². The van der Waals surface area contributed by atoms with Gasteiger partial charge in [0.25, 0.3) is 11.5 Å². The molecule has 1 amide bonds. The third-order valence-electron chi connectivity index (χ3n) is 4.30.